The van der Waals surface area contributed by atoms with E-state index in [1.165, 1.54) is 15.8 Å². The maximum absolute atomic E-state index is 12.5. The Kier molecular flexibility index (Phi) is 4.66. The quantitative estimate of drug-likeness (QED) is 0.854. The Morgan fingerprint density at radius 1 is 1.33 bits per heavy atom. The van der Waals surface area contributed by atoms with Crippen LogP contribution in [-0.2, 0) is 16.1 Å². The lowest BCUT2D eigenvalue weighted by Gasteiger charge is -2.33. The molecular formula is C16H16BrN3O4. The van der Waals surface area contributed by atoms with Crippen LogP contribution < -0.4 is 5.56 Å². The number of halogens is 1. The van der Waals surface area contributed by atoms with Gasteiger partial charge in [0, 0.05) is 11.0 Å². The van der Waals surface area contributed by atoms with Gasteiger partial charge in [-0.15, -0.1) is 0 Å². The van der Waals surface area contributed by atoms with Gasteiger partial charge in [0.1, 0.15) is 12.6 Å². The monoisotopic (exact) mass is 393 g/mol. The number of carboxylic acid groups (broad SMARTS) is 1. The molecule has 1 aliphatic rings. The average Bonchev–Trinajstić information content (AvgIpc) is 2.57. The van der Waals surface area contributed by atoms with Crippen molar-refractivity contribution in [3.8, 4) is 0 Å². The Balaban J connectivity index is 1.89. The van der Waals surface area contributed by atoms with Gasteiger partial charge in [0.2, 0.25) is 5.91 Å². The normalized spacial score (nSPS) is 17.9. The van der Waals surface area contributed by atoms with Crippen molar-refractivity contribution in [2.24, 2.45) is 0 Å². The molecule has 1 aromatic heterocycles. The van der Waals surface area contributed by atoms with Crippen LogP contribution in [0.4, 0.5) is 0 Å². The molecule has 1 N–H and O–H groups in total. The number of nitrogens with zero attached hydrogens (tertiary/aromatic N) is 3. The molecule has 0 aliphatic carbocycles. The van der Waals surface area contributed by atoms with E-state index in [2.05, 4.69) is 20.9 Å². The molecule has 7 nitrogen and oxygen atoms in total. The van der Waals surface area contributed by atoms with E-state index in [4.69, 9.17) is 0 Å². The molecule has 0 radical (unpaired) electrons. The second kappa shape index (κ2) is 6.72. The highest BCUT2D eigenvalue weighted by atomic mass is 79.9. The van der Waals surface area contributed by atoms with E-state index in [9.17, 15) is 19.5 Å². The number of fused-ring (bicyclic) bond motifs is 1. The number of carbonyl (C=O) groups is 2. The number of aromatic nitrogens is 2. The first-order chi connectivity index (χ1) is 11.5. The summed E-state index contributed by atoms with van der Waals surface area (Å²) in [6.07, 6.45) is 3.33. The Labute approximate surface area is 146 Å². The molecule has 1 fully saturated rings. The smallest absolute Gasteiger partial charge is 0.326 e. The van der Waals surface area contributed by atoms with Crippen LogP contribution in [0.2, 0.25) is 0 Å². The standard InChI is InChI=1S/C16H16BrN3O4/c17-10-4-5-12-11(7-10)15(22)19(9-18-12)8-14(21)20-6-2-1-3-13(20)16(23)24/h4-5,7,9,13H,1-3,6,8H2,(H,23,24). The number of benzene rings is 1. The third-order valence-corrected chi connectivity index (χ3v) is 4.69. The summed E-state index contributed by atoms with van der Waals surface area (Å²) in [6.45, 7) is 0.190. The third kappa shape index (κ3) is 3.19. The number of hydrogen-bond acceptors (Lipinski definition) is 4. The van der Waals surface area contributed by atoms with Crippen molar-refractivity contribution in [1.29, 1.82) is 0 Å². The fraction of sp³-hybridized carbons (Fsp3) is 0.375. The summed E-state index contributed by atoms with van der Waals surface area (Å²) in [5.41, 5.74) is 0.229. The van der Waals surface area contributed by atoms with E-state index in [1.54, 1.807) is 18.2 Å². The number of aliphatic carboxylic acids is 1. The van der Waals surface area contributed by atoms with Crippen LogP contribution in [-0.4, -0.2) is 44.0 Å². The number of likely N-dealkylation sites (tertiary alicyclic amines) is 1. The van der Waals surface area contributed by atoms with Crippen LogP contribution in [0.1, 0.15) is 19.3 Å². The van der Waals surface area contributed by atoms with Crippen molar-refractivity contribution in [3.05, 3.63) is 39.4 Å². The molecule has 24 heavy (non-hydrogen) atoms. The highest BCUT2D eigenvalue weighted by Gasteiger charge is 2.31. The van der Waals surface area contributed by atoms with Gasteiger partial charge in [0.15, 0.2) is 0 Å². The molecule has 1 aliphatic heterocycles. The highest BCUT2D eigenvalue weighted by molar-refractivity contribution is 9.10. The zero-order valence-electron chi connectivity index (χ0n) is 12.8. The van der Waals surface area contributed by atoms with Crippen molar-refractivity contribution < 1.29 is 14.7 Å². The fourth-order valence-corrected chi connectivity index (χ4v) is 3.33. The topological polar surface area (TPSA) is 92.5 Å². The number of carbonyl (C=O) groups excluding carboxylic acids is 1. The summed E-state index contributed by atoms with van der Waals surface area (Å²) in [4.78, 5) is 41.9. The molecule has 1 amide bonds. The fourth-order valence-electron chi connectivity index (χ4n) is 2.97. The van der Waals surface area contributed by atoms with Crippen molar-refractivity contribution in [3.63, 3.8) is 0 Å². The van der Waals surface area contributed by atoms with Crippen LogP contribution in [0.25, 0.3) is 10.9 Å². The minimum absolute atomic E-state index is 0.210. The van der Waals surface area contributed by atoms with E-state index in [-0.39, 0.29) is 18.0 Å². The van der Waals surface area contributed by atoms with Gasteiger partial charge >= 0.3 is 5.97 Å². The molecule has 1 saturated heterocycles. The first-order valence-corrected chi connectivity index (χ1v) is 8.43. The maximum Gasteiger partial charge on any atom is 0.326 e. The molecule has 0 bridgehead atoms. The largest absolute Gasteiger partial charge is 0.480 e. The zero-order valence-corrected chi connectivity index (χ0v) is 14.4. The zero-order chi connectivity index (χ0) is 17.3. The lowest BCUT2D eigenvalue weighted by atomic mass is 10.0. The molecule has 2 heterocycles. The van der Waals surface area contributed by atoms with Gasteiger partial charge in [0.25, 0.3) is 5.56 Å². The summed E-state index contributed by atoms with van der Waals surface area (Å²) < 4.78 is 1.98. The lowest BCUT2D eigenvalue weighted by molar-refractivity contribution is -0.152. The van der Waals surface area contributed by atoms with Crippen LogP contribution in [0.3, 0.4) is 0 Å². The SMILES string of the molecule is O=C(O)C1CCCCN1C(=O)Cn1cnc2ccc(Br)cc2c1=O. The van der Waals surface area contributed by atoms with E-state index >= 15 is 0 Å². The van der Waals surface area contributed by atoms with Gasteiger partial charge < -0.3 is 10.0 Å². The average molecular weight is 394 g/mol. The predicted molar refractivity (Wildman–Crippen MR) is 90.7 cm³/mol. The van der Waals surface area contributed by atoms with Crippen LogP contribution in [0, 0.1) is 0 Å². The maximum atomic E-state index is 12.5. The molecule has 3 rings (SSSR count). The number of piperidine rings is 1. The Morgan fingerprint density at radius 3 is 2.88 bits per heavy atom. The van der Waals surface area contributed by atoms with Crippen molar-refractivity contribution in [2.45, 2.75) is 31.8 Å². The van der Waals surface area contributed by atoms with Gasteiger partial charge in [0.05, 0.1) is 17.2 Å². The first kappa shape index (κ1) is 16.6. The Hall–Kier alpha value is -2.22. The first-order valence-electron chi connectivity index (χ1n) is 7.64. The van der Waals surface area contributed by atoms with Crippen molar-refractivity contribution in [2.75, 3.05) is 6.54 Å². The molecule has 1 atom stereocenters. The molecule has 126 valence electrons. The number of carboxylic acids is 1. The number of amides is 1. The summed E-state index contributed by atoms with van der Waals surface area (Å²) in [5, 5.41) is 9.68. The summed E-state index contributed by atoms with van der Waals surface area (Å²) >= 11 is 3.31. The van der Waals surface area contributed by atoms with Crippen LogP contribution >= 0.6 is 15.9 Å². The van der Waals surface area contributed by atoms with Gasteiger partial charge in [-0.3, -0.25) is 14.2 Å². The van der Waals surface area contributed by atoms with E-state index < -0.39 is 12.0 Å². The second-order valence-corrected chi connectivity index (χ2v) is 6.69. The van der Waals surface area contributed by atoms with Crippen LogP contribution in [0.5, 0.6) is 0 Å². The number of hydrogen-bond donors (Lipinski definition) is 1. The van der Waals surface area contributed by atoms with Gasteiger partial charge in [-0.2, -0.15) is 0 Å². The molecular weight excluding hydrogens is 378 g/mol. The Bertz CT molecular complexity index is 864. The predicted octanol–water partition coefficient (Wildman–Crippen LogP) is 1.62. The number of rotatable bonds is 3. The molecule has 2 aromatic rings. The van der Waals surface area contributed by atoms with Gasteiger partial charge in [-0.05, 0) is 37.5 Å². The lowest BCUT2D eigenvalue weighted by Crippen LogP contribution is -2.49. The summed E-state index contributed by atoms with van der Waals surface area (Å²) in [5.74, 6) is -1.38. The molecule has 1 unspecified atom stereocenters. The second-order valence-electron chi connectivity index (χ2n) is 5.78. The highest BCUT2D eigenvalue weighted by Crippen LogP contribution is 2.18. The van der Waals surface area contributed by atoms with Crippen molar-refractivity contribution >= 4 is 38.7 Å². The van der Waals surface area contributed by atoms with Crippen LogP contribution in [0.15, 0.2) is 33.8 Å². The van der Waals surface area contributed by atoms with E-state index in [1.807, 2.05) is 0 Å². The molecule has 0 spiro atoms. The van der Waals surface area contributed by atoms with Crippen molar-refractivity contribution in [1.82, 2.24) is 14.5 Å². The Morgan fingerprint density at radius 2 is 2.12 bits per heavy atom. The third-order valence-electron chi connectivity index (χ3n) is 4.20. The van der Waals surface area contributed by atoms with E-state index in [0.29, 0.717) is 23.9 Å². The van der Waals surface area contributed by atoms with E-state index in [0.717, 1.165) is 17.3 Å². The summed E-state index contributed by atoms with van der Waals surface area (Å²) in [6, 6.07) is 4.35. The molecule has 1 aromatic carbocycles. The minimum Gasteiger partial charge on any atom is -0.480 e. The minimum atomic E-state index is -1.00. The molecule has 0 saturated carbocycles. The molecule has 8 heteroatoms. The summed E-state index contributed by atoms with van der Waals surface area (Å²) in [7, 11) is 0. The van der Waals surface area contributed by atoms with Gasteiger partial charge in [-0.25, -0.2) is 9.78 Å². The van der Waals surface area contributed by atoms with Gasteiger partial charge in [-0.1, -0.05) is 15.9 Å².